The molecule has 0 saturated heterocycles. The van der Waals surface area contributed by atoms with E-state index in [0.29, 0.717) is 5.56 Å². The first kappa shape index (κ1) is 22.2. The van der Waals surface area contributed by atoms with Crippen LogP contribution in [0.15, 0.2) is 48.5 Å². The molecule has 0 heterocycles. The molecule has 0 fully saturated rings. The molecule has 0 bridgehead atoms. The van der Waals surface area contributed by atoms with E-state index in [4.69, 9.17) is 10.5 Å². The molecule has 0 amide bonds. The summed E-state index contributed by atoms with van der Waals surface area (Å²) in [4.78, 5) is 11.7. The van der Waals surface area contributed by atoms with E-state index in [1.54, 1.807) is 6.07 Å². The van der Waals surface area contributed by atoms with E-state index in [0.717, 1.165) is 35.1 Å². The van der Waals surface area contributed by atoms with Gasteiger partial charge in [-0.1, -0.05) is 43.3 Å². The van der Waals surface area contributed by atoms with E-state index < -0.39 is 0 Å². The van der Waals surface area contributed by atoms with E-state index >= 15 is 0 Å². The fraction of sp³-hybridized carbons (Fsp3) is 0.381. The van der Waals surface area contributed by atoms with Gasteiger partial charge in [-0.15, -0.1) is 0 Å². The van der Waals surface area contributed by atoms with Crippen molar-refractivity contribution in [3.63, 3.8) is 0 Å². The number of carbonyl (C=O) groups excluding carboxylic acids is 1. The van der Waals surface area contributed by atoms with Crippen LogP contribution in [-0.4, -0.2) is 38.2 Å². The highest BCUT2D eigenvalue weighted by Gasteiger charge is 2.22. The Labute approximate surface area is 163 Å². The number of esters is 1. The van der Waals surface area contributed by atoms with Crippen LogP contribution in [0, 0.1) is 0 Å². The van der Waals surface area contributed by atoms with Crippen LogP contribution in [0.4, 0.5) is 0 Å². The molecule has 2 rings (SSSR count). The van der Waals surface area contributed by atoms with Crippen LogP contribution in [0.1, 0.15) is 40.0 Å². The molecule has 2 N–H and O–H groups in total. The van der Waals surface area contributed by atoms with Crippen molar-refractivity contribution in [3.8, 4) is 0 Å². The predicted octanol–water partition coefficient (Wildman–Crippen LogP) is 0.316. The van der Waals surface area contributed by atoms with E-state index in [9.17, 15) is 4.79 Å². The minimum atomic E-state index is -0.306. The molecule has 4 nitrogen and oxygen atoms in total. The van der Waals surface area contributed by atoms with Crippen LogP contribution in [0.3, 0.4) is 0 Å². The highest BCUT2D eigenvalue weighted by atomic mass is 35.5. The lowest BCUT2D eigenvalue weighted by atomic mass is 10.0. The van der Waals surface area contributed by atoms with Gasteiger partial charge in [0.2, 0.25) is 0 Å². The molecule has 0 aromatic heterocycles. The molecule has 0 spiro atoms. The SMILES string of the molecule is CCc1ccc(C(N)C[N+](C)(C)Cc2cccc(C(=O)OC)c2)cc1.[Cl-]. The lowest BCUT2D eigenvalue weighted by Crippen LogP contribution is -3.00. The van der Waals surface area contributed by atoms with Crippen molar-refractivity contribution in [1.29, 1.82) is 0 Å². The minimum absolute atomic E-state index is 0. The molecule has 0 aliphatic heterocycles. The summed E-state index contributed by atoms with van der Waals surface area (Å²) in [6, 6.07) is 16.1. The molecular formula is C21H29ClN2O2. The second kappa shape index (κ2) is 9.72. The number of halogens is 1. The second-order valence-electron chi connectivity index (χ2n) is 7.17. The van der Waals surface area contributed by atoms with Gasteiger partial charge in [0, 0.05) is 5.56 Å². The number of carbonyl (C=O) groups is 1. The van der Waals surface area contributed by atoms with Crippen LogP contribution in [0.2, 0.25) is 0 Å². The summed E-state index contributed by atoms with van der Waals surface area (Å²) in [5, 5.41) is 0. The summed E-state index contributed by atoms with van der Waals surface area (Å²) in [6.07, 6.45) is 1.04. The smallest absolute Gasteiger partial charge is 0.337 e. The number of quaternary nitrogens is 1. The Morgan fingerprint density at radius 1 is 1.12 bits per heavy atom. The van der Waals surface area contributed by atoms with E-state index in [1.165, 1.54) is 12.7 Å². The summed E-state index contributed by atoms with van der Waals surface area (Å²) in [7, 11) is 5.72. The van der Waals surface area contributed by atoms with Crippen molar-refractivity contribution >= 4 is 5.97 Å². The van der Waals surface area contributed by atoms with Crippen LogP contribution in [-0.2, 0) is 17.7 Å². The first-order chi connectivity index (χ1) is 11.8. The van der Waals surface area contributed by atoms with Crippen LogP contribution < -0.4 is 18.1 Å². The zero-order valence-corrected chi connectivity index (χ0v) is 16.8. The number of likely N-dealkylation sites (N-methyl/N-ethyl adjacent to an activating group) is 1. The Hall–Kier alpha value is -1.88. The Bertz CT molecular complexity index is 714. The maximum atomic E-state index is 11.7. The molecule has 2 aromatic rings. The number of nitrogens with zero attached hydrogens (tertiary/aromatic N) is 1. The average molecular weight is 377 g/mol. The summed E-state index contributed by atoms with van der Waals surface area (Å²) in [5.41, 5.74) is 10.6. The Morgan fingerprint density at radius 2 is 1.77 bits per heavy atom. The van der Waals surface area contributed by atoms with Crippen molar-refractivity contribution in [1.82, 2.24) is 0 Å². The van der Waals surface area contributed by atoms with Crippen LogP contribution in [0.5, 0.6) is 0 Å². The largest absolute Gasteiger partial charge is 1.00 e. The van der Waals surface area contributed by atoms with Crippen molar-refractivity contribution in [3.05, 3.63) is 70.8 Å². The monoisotopic (exact) mass is 376 g/mol. The molecule has 0 aliphatic rings. The molecule has 5 heteroatoms. The fourth-order valence-electron chi connectivity index (χ4n) is 3.11. The fourth-order valence-corrected chi connectivity index (χ4v) is 3.11. The van der Waals surface area contributed by atoms with E-state index in [1.807, 2.05) is 18.2 Å². The average Bonchev–Trinajstić information content (AvgIpc) is 2.60. The normalized spacial score (nSPS) is 12.2. The molecule has 2 aromatic carbocycles. The van der Waals surface area contributed by atoms with Crippen molar-refractivity contribution in [2.75, 3.05) is 27.7 Å². The van der Waals surface area contributed by atoms with Gasteiger partial charge >= 0.3 is 5.97 Å². The zero-order valence-electron chi connectivity index (χ0n) is 16.0. The van der Waals surface area contributed by atoms with Gasteiger partial charge in [0.1, 0.15) is 6.54 Å². The third-order valence-corrected chi connectivity index (χ3v) is 4.47. The highest BCUT2D eigenvalue weighted by Crippen LogP contribution is 2.19. The third kappa shape index (κ3) is 6.13. The second-order valence-corrected chi connectivity index (χ2v) is 7.17. The minimum Gasteiger partial charge on any atom is -1.00 e. The number of ether oxygens (including phenoxy) is 1. The number of hydrogen-bond donors (Lipinski definition) is 1. The molecule has 26 heavy (non-hydrogen) atoms. The van der Waals surface area contributed by atoms with Crippen LogP contribution in [0.25, 0.3) is 0 Å². The number of aryl methyl sites for hydroxylation is 1. The number of nitrogens with two attached hydrogens (primary N) is 1. The number of hydrogen-bond acceptors (Lipinski definition) is 3. The number of benzene rings is 2. The standard InChI is InChI=1S/C21H29N2O2.ClH/c1-5-16-9-11-18(12-10-16)20(22)15-23(2,3)14-17-7-6-8-19(13-17)21(24)25-4;/h6-13,20H,5,14-15,22H2,1-4H3;1H/q+1;/p-1. The summed E-state index contributed by atoms with van der Waals surface area (Å²) >= 11 is 0. The third-order valence-electron chi connectivity index (χ3n) is 4.47. The van der Waals surface area contributed by atoms with Crippen molar-refractivity contribution in [2.45, 2.75) is 25.9 Å². The van der Waals surface area contributed by atoms with Crippen LogP contribution >= 0.6 is 0 Å². The lowest BCUT2D eigenvalue weighted by Gasteiger charge is -2.32. The van der Waals surface area contributed by atoms with Gasteiger partial charge in [0.15, 0.2) is 0 Å². The van der Waals surface area contributed by atoms with E-state index in [-0.39, 0.29) is 24.4 Å². The molecule has 0 saturated carbocycles. The topological polar surface area (TPSA) is 52.3 Å². The number of methoxy groups -OCH3 is 1. The maximum Gasteiger partial charge on any atom is 0.337 e. The van der Waals surface area contributed by atoms with Gasteiger partial charge in [-0.25, -0.2) is 4.79 Å². The molecule has 142 valence electrons. The predicted molar refractivity (Wildman–Crippen MR) is 101 cm³/mol. The van der Waals surface area contributed by atoms with Gasteiger partial charge in [0.05, 0.1) is 39.4 Å². The highest BCUT2D eigenvalue weighted by molar-refractivity contribution is 5.89. The Balaban J connectivity index is 0.00000338. The first-order valence-electron chi connectivity index (χ1n) is 8.68. The molecule has 0 radical (unpaired) electrons. The molecule has 1 atom stereocenters. The lowest BCUT2D eigenvalue weighted by molar-refractivity contribution is -0.905. The first-order valence-corrected chi connectivity index (χ1v) is 8.68. The molecule has 0 aliphatic carbocycles. The zero-order chi connectivity index (χ0) is 18.4. The van der Waals surface area contributed by atoms with Gasteiger partial charge in [-0.3, -0.25) is 0 Å². The number of rotatable bonds is 7. The summed E-state index contributed by atoms with van der Waals surface area (Å²) in [5.74, 6) is -0.306. The van der Waals surface area contributed by atoms with Gasteiger partial charge < -0.3 is 27.4 Å². The maximum absolute atomic E-state index is 11.7. The van der Waals surface area contributed by atoms with Crippen molar-refractivity contribution in [2.24, 2.45) is 5.73 Å². The molecule has 1 unspecified atom stereocenters. The quantitative estimate of drug-likeness (QED) is 0.559. The van der Waals surface area contributed by atoms with Gasteiger partial charge in [-0.2, -0.15) is 0 Å². The Morgan fingerprint density at radius 3 is 2.35 bits per heavy atom. The van der Waals surface area contributed by atoms with Gasteiger partial charge in [-0.05, 0) is 29.7 Å². The summed E-state index contributed by atoms with van der Waals surface area (Å²) < 4.78 is 5.54. The van der Waals surface area contributed by atoms with E-state index in [2.05, 4.69) is 45.3 Å². The summed E-state index contributed by atoms with van der Waals surface area (Å²) in [6.45, 7) is 3.76. The van der Waals surface area contributed by atoms with Crippen molar-refractivity contribution < 1.29 is 26.4 Å². The Kier molecular flexibility index (Phi) is 8.28. The van der Waals surface area contributed by atoms with Gasteiger partial charge in [0.25, 0.3) is 0 Å². The molecular weight excluding hydrogens is 348 g/mol.